The van der Waals surface area contributed by atoms with Crippen LogP contribution in [0.4, 0.5) is 11.8 Å². The molecule has 8 rings (SSSR count). The number of hydrogen-bond donors (Lipinski definition) is 5. The molecule has 15 atom stereocenters. The summed E-state index contributed by atoms with van der Waals surface area (Å²) in [7, 11) is 3.54. The molecule has 69 heavy (non-hydrogen) atoms. The average molecular weight is 1120 g/mol. The van der Waals surface area contributed by atoms with E-state index in [0.717, 1.165) is 18.8 Å². The number of aliphatic hydroxyl groups excluding tert-OH is 1. The molecule has 0 aliphatic carbocycles. The lowest BCUT2D eigenvalue weighted by atomic mass is 10.2. The predicted octanol–water partition coefficient (Wildman–Crippen LogP) is 3.78. The van der Waals surface area contributed by atoms with Gasteiger partial charge in [0.1, 0.15) is 55.5 Å². The lowest BCUT2D eigenvalue weighted by molar-refractivity contribution is -0.0644. The Balaban J connectivity index is 1.00. The zero-order valence-electron chi connectivity index (χ0n) is 37.0. The number of H-pyrrole nitrogens is 2. The molecule has 28 nitrogen and oxygen atoms in total. The largest absolute Gasteiger partial charge is 0.474 e. The lowest BCUT2D eigenvalue weighted by Crippen LogP contribution is -2.33. The molecule has 3 aliphatic rings. The third-order valence-electron chi connectivity index (χ3n) is 11.1. The van der Waals surface area contributed by atoms with Gasteiger partial charge in [-0.25, -0.2) is 33.9 Å². The Kier molecular flexibility index (Phi) is 17.3. The monoisotopic (exact) mass is 1120 g/mol. The number of aromatic amines is 2. The predicted molar refractivity (Wildman–Crippen MR) is 264 cm³/mol. The van der Waals surface area contributed by atoms with Crippen LogP contribution in [0.25, 0.3) is 22.3 Å². The number of aliphatic hydroxyl groups is 1. The summed E-state index contributed by atoms with van der Waals surface area (Å²) in [5.74, 6) is 0.718. The number of aryl methyl sites for hydroxylation is 1. The number of ether oxygens (including phenoxy) is 4. The van der Waals surface area contributed by atoms with Crippen molar-refractivity contribution in [2.75, 3.05) is 51.3 Å². The zero-order valence-corrected chi connectivity index (χ0v) is 45.2. The highest BCUT2D eigenvalue weighted by atomic mass is 32.4. The van der Waals surface area contributed by atoms with Gasteiger partial charge >= 0.3 is 21.3 Å². The van der Waals surface area contributed by atoms with Crippen LogP contribution in [-0.4, -0.2) is 131 Å². The van der Waals surface area contributed by atoms with Crippen molar-refractivity contribution >= 4 is 100 Å². The highest BCUT2D eigenvalue weighted by Gasteiger charge is 2.48. The molecule has 0 spiro atoms. The maximum Gasteiger partial charge on any atom is 0.474 e. The number of nitrogens with zero attached hydrogens (tertiary/aromatic N) is 8. The molecule has 36 heteroatoms. The number of anilines is 2. The van der Waals surface area contributed by atoms with Gasteiger partial charge in [0.2, 0.25) is 5.95 Å². The van der Waals surface area contributed by atoms with E-state index in [1.54, 1.807) is 9.13 Å². The Hall–Kier alpha value is -2.22. The fourth-order valence-electron chi connectivity index (χ4n) is 7.84. The summed E-state index contributed by atoms with van der Waals surface area (Å²) in [5, 5.41) is 16.5. The Labute approximate surface area is 402 Å². The first-order valence-electron chi connectivity index (χ1n) is 20.6. The van der Waals surface area contributed by atoms with Crippen molar-refractivity contribution in [1.29, 1.82) is 0 Å². The van der Waals surface area contributed by atoms with Gasteiger partial charge < -0.3 is 34.2 Å². The first kappa shape index (κ1) is 53.1. The SMILES string of the molecule is COC1C[C@H](n2cnc3c(=O)[nH]c(NP(P)P)nc32)O[C@@H]1COP(=O)(OC)OC1C[C@H](n2cnc3c(NP(P)P)ncnc32)O[C@@H]1COP(=O)(OC)OC1C[C@H](n2cc(C)c(=O)[nH]c2=O)O[C@@H]1CO. The minimum absolute atomic E-state index is 0.0200. The topological polar surface area (TPSA) is 333 Å². The highest BCUT2D eigenvalue weighted by Crippen LogP contribution is 2.56. The van der Waals surface area contributed by atoms with E-state index in [0.29, 0.717) is 17.0 Å². The molecule has 378 valence electrons. The van der Waals surface area contributed by atoms with Crippen molar-refractivity contribution in [2.24, 2.45) is 0 Å². The third-order valence-corrected chi connectivity index (χ3v) is 16.5. The molecule has 5 aromatic rings. The fourth-order valence-corrected chi connectivity index (χ4v) is 12.3. The van der Waals surface area contributed by atoms with E-state index in [2.05, 4.69) is 80.8 Å². The van der Waals surface area contributed by atoms with E-state index in [1.807, 2.05) is 0 Å². The van der Waals surface area contributed by atoms with Crippen LogP contribution in [0.3, 0.4) is 0 Å². The van der Waals surface area contributed by atoms with Crippen LogP contribution in [0, 0.1) is 6.92 Å². The van der Waals surface area contributed by atoms with E-state index in [9.17, 15) is 28.6 Å². The molecule has 9 unspecified atom stereocenters. The molecule has 8 heterocycles. The van der Waals surface area contributed by atoms with Gasteiger partial charge in [-0.1, -0.05) is 35.7 Å². The van der Waals surface area contributed by atoms with Crippen LogP contribution >= 0.6 is 66.3 Å². The molecule has 0 aromatic carbocycles. The molecule has 3 fully saturated rings. The number of hydrogen-bond acceptors (Lipinski definition) is 23. The molecule has 3 saturated heterocycles. The van der Waals surface area contributed by atoms with Gasteiger partial charge in [-0.15, -0.1) is 0 Å². The van der Waals surface area contributed by atoms with E-state index >= 15 is 0 Å². The van der Waals surface area contributed by atoms with Gasteiger partial charge in [0, 0.05) is 67.3 Å². The summed E-state index contributed by atoms with van der Waals surface area (Å²) in [6, 6.07) is 0. The number of phosphoric acid groups is 2. The van der Waals surface area contributed by atoms with Crippen molar-refractivity contribution in [2.45, 2.75) is 81.5 Å². The van der Waals surface area contributed by atoms with Crippen molar-refractivity contribution < 1.29 is 60.3 Å². The summed E-state index contributed by atoms with van der Waals surface area (Å²) < 4.78 is 91.8. The summed E-state index contributed by atoms with van der Waals surface area (Å²) in [6.45, 7) is 0.0134. The first-order chi connectivity index (χ1) is 32.9. The minimum atomic E-state index is -4.53. The number of imidazole rings is 2. The Morgan fingerprint density at radius 2 is 1.29 bits per heavy atom. The van der Waals surface area contributed by atoms with Gasteiger partial charge in [0.25, 0.3) is 11.1 Å². The molecule has 3 aliphatic heterocycles. The van der Waals surface area contributed by atoms with Crippen molar-refractivity contribution in [3.05, 3.63) is 61.9 Å². The van der Waals surface area contributed by atoms with Crippen molar-refractivity contribution in [1.82, 2.24) is 48.6 Å². The summed E-state index contributed by atoms with van der Waals surface area (Å²) in [5.41, 5.74) is -0.351. The Morgan fingerprint density at radius 3 is 1.88 bits per heavy atom. The van der Waals surface area contributed by atoms with Gasteiger partial charge in [-0.05, 0) is 6.92 Å². The van der Waals surface area contributed by atoms with Crippen LogP contribution in [0.2, 0.25) is 0 Å². The maximum absolute atomic E-state index is 14.4. The standard InChI is InChI=1S/C33H50N12O16P8/c1-15-8-43(33(49)40-30(15)47)22-6-17(19(9-46)57-22)60-68(50,53-3)56-11-21-18(7-24(59-21)44-13-36-25-27(41-66(62)63)34-12-35-28(25)44)61-69(51,54-4)55-10-20-16(52-2)5-23(58-20)45-14-37-26-29(45)38-32(39-31(26)48)42-67(64)65/h8,12-14,16-24,46H,5-7,9-11,62-65H2,1-4H3,(H,34,35,41)(H,40,47,49)(H2,38,39,42,48)/t16?,17?,18?,19-,20-,21-,22-,23-,24-,68?,69?/m1/s1. The number of aromatic nitrogens is 10. The van der Waals surface area contributed by atoms with Gasteiger partial charge in [-0.2, -0.15) is 4.98 Å². The van der Waals surface area contributed by atoms with Crippen LogP contribution in [0.1, 0.15) is 43.5 Å². The second-order valence-corrected chi connectivity index (χ2v) is 31.3. The number of methoxy groups -OCH3 is 1. The molecular weight excluding hydrogens is 1070 g/mol. The van der Waals surface area contributed by atoms with Crippen molar-refractivity contribution in [3.63, 3.8) is 0 Å². The van der Waals surface area contributed by atoms with Gasteiger partial charge in [0.15, 0.2) is 28.1 Å². The van der Waals surface area contributed by atoms with Crippen LogP contribution in [0.5, 0.6) is 0 Å². The summed E-state index contributed by atoms with van der Waals surface area (Å²) >= 11 is 0. The fraction of sp³-hybridized carbons (Fsp3) is 0.576. The molecular formula is C33H50N12O16P8. The molecule has 0 radical (unpaired) electrons. The van der Waals surface area contributed by atoms with Crippen molar-refractivity contribution in [3.8, 4) is 0 Å². The second kappa shape index (κ2) is 22.5. The quantitative estimate of drug-likeness (QED) is 0.0653. The smallest absolute Gasteiger partial charge is 0.394 e. The molecule has 0 saturated carbocycles. The molecule has 5 aromatic heterocycles. The van der Waals surface area contributed by atoms with E-state index in [-0.39, 0.29) is 48.5 Å². The van der Waals surface area contributed by atoms with E-state index in [4.69, 9.17) is 46.1 Å². The third kappa shape index (κ3) is 11.9. The van der Waals surface area contributed by atoms with Crippen LogP contribution < -0.4 is 27.0 Å². The first-order valence-corrected chi connectivity index (χ1v) is 32.7. The van der Waals surface area contributed by atoms with Gasteiger partial charge in [0.05, 0.1) is 38.6 Å². The summed E-state index contributed by atoms with van der Waals surface area (Å²) in [6.07, 6.45) is -2.83. The lowest BCUT2D eigenvalue weighted by Gasteiger charge is -2.26. The van der Waals surface area contributed by atoms with E-state index < -0.39 is 116 Å². The number of fused-ring (bicyclic) bond motifs is 2. The molecule has 0 bridgehead atoms. The van der Waals surface area contributed by atoms with Crippen LogP contribution in [0.15, 0.2) is 39.6 Å². The Bertz CT molecular complexity index is 2910. The van der Waals surface area contributed by atoms with Crippen LogP contribution in [-0.2, 0) is 55.2 Å². The molecule has 5 N–H and O–H groups in total. The zero-order chi connectivity index (χ0) is 49.4. The number of nitrogens with one attached hydrogen (secondary N) is 4. The highest BCUT2D eigenvalue weighted by molar-refractivity contribution is 8.44. The summed E-state index contributed by atoms with van der Waals surface area (Å²) in [4.78, 5) is 64.4. The Morgan fingerprint density at radius 1 is 0.739 bits per heavy atom. The normalized spacial score (nSPS) is 26.9. The minimum Gasteiger partial charge on any atom is -0.394 e. The number of phosphoric ester groups is 2. The number of rotatable bonds is 21. The van der Waals surface area contributed by atoms with E-state index in [1.165, 1.54) is 39.2 Å². The maximum atomic E-state index is 14.4. The second-order valence-electron chi connectivity index (χ2n) is 15.5. The van der Waals surface area contributed by atoms with Gasteiger partial charge in [-0.3, -0.25) is 60.4 Å². The molecule has 0 amide bonds. The average Bonchev–Trinajstić information content (AvgIpc) is 4.16.